The van der Waals surface area contributed by atoms with Crippen LogP contribution in [0.15, 0.2) is 39.3 Å². The lowest BCUT2D eigenvalue weighted by atomic mass is 10.2. The van der Waals surface area contributed by atoms with Crippen LogP contribution in [0.2, 0.25) is 0 Å². The van der Waals surface area contributed by atoms with E-state index in [1.165, 1.54) is 11.8 Å². The Kier molecular flexibility index (Phi) is 5.51. The van der Waals surface area contributed by atoms with Crippen LogP contribution in [0, 0.1) is 3.57 Å². The highest BCUT2D eigenvalue weighted by atomic mass is 127. The molecule has 20 heavy (non-hydrogen) atoms. The number of aromatic nitrogens is 2. The summed E-state index contributed by atoms with van der Waals surface area (Å²) in [7, 11) is 0. The van der Waals surface area contributed by atoms with E-state index < -0.39 is 0 Å². The normalized spacial score (nSPS) is 12.1. The summed E-state index contributed by atoms with van der Waals surface area (Å²) < 4.78 is 2.75. The molecule has 0 aliphatic heterocycles. The van der Waals surface area contributed by atoms with Crippen LogP contribution in [0.3, 0.4) is 0 Å². The van der Waals surface area contributed by atoms with Crippen LogP contribution in [0.5, 0.6) is 0 Å². The minimum Gasteiger partial charge on any atom is -0.287 e. The SMILES string of the molecule is CCn1c(SCC=C(C)Cl)nc2ccc(I)cc2c1=O. The van der Waals surface area contributed by atoms with E-state index >= 15 is 0 Å². The fraction of sp³-hybridized carbons (Fsp3) is 0.286. The standard InChI is InChI=1S/C14H14ClIN2OS/c1-3-18-13(19)11-8-10(16)4-5-12(11)17-14(18)20-7-6-9(2)15/h4-6,8H,3,7H2,1-2H3. The highest BCUT2D eigenvalue weighted by molar-refractivity contribution is 14.1. The van der Waals surface area contributed by atoms with Gasteiger partial charge in [-0.1, -0.05) is 29.4 Å². The minimum atomic E-state index is 0.0186. The number of nitrogens with zero attached hydrogens (tertiary/aromatic N) is 2. The smallest absolute Gasteiger partial charge is 0.262 e. The van der Waals surface area contributed by atoms with Gasteiger partial charge in [-0.2, -0.15) is 0 Å². The van der Waals surface area contributed by atoms with Gasteiger partial charge < -0.3 is 0 Å². The molecule has 3 nitrogen and oxygen atoms in total. The van der Waals surface area contributed by atoms with Gasteiger partial charge in [-0.15, -0.1) is 0 Å². The van der Waals surface area contributed by atoms with Gasteiger partial charge in [0, 0.05) is 20.9 Å². The second-order valence-electron chi connectivity index (χ2n) is 4.21. The fourth-order valence-electron chi connectivity index (χ4n) is 1.79. The van der Waals surface area contributed by atoms with E-state index in [4.69, 9.17) is 11.6 Å². The Morgan fingerprint density at radius 1 is 1.55 bits per heavy atom. The molecule has 0 aliphatic rings. The number of rotatable bonds is 4. The van der Waals surface area contributed by atoms with Crippen molar-refractivity contribution in [2.24, 2.45) is 0 Å². The lowest BCUT2D eigenvalue weighted by molar-refractivity contribution is 0.635. The molecule has 0 radical (unpaired) electrons. The number of hydrogen-bond donors (Lipinski definition) is 0. The maximum atomic E-state index is 12.5. The molecule has 1 aromatic carbocycles. The molecule has 1 aromatic heterocycles. The van der Waals surface area contributed by atoms with Crippen molar-refractivity contribution in [3.63, 3.8) is 0 Å². The van der Waals surface area contributed by atoms with Gasteiger partial charge in [0.05, 0.1) is 10.9 Å². The lowest BCUT2D eigenvalue weighted by Crippen LogP contribution is -2.22. The maximum Gasteiger partial charge on any atom is 0.262 e. The van der Waals surface area contributed by atoms with Crippen molar-refractivity contribution in [2.45, 2.75) is 25.5 Å². The zero-order valence-electron chi connectivity index (χ0n) is 11.2. The highest BCUT2D eigenvalue weighted by Crippen LogP contribution is 2.20. The Morgan fingerprint density at radius 3 is 2.95 bits per heavy atom. The Balaban J connectivity index is 2.52. The third-order valence-electron chi connectivity index (χ3n) is 2.77. The number of hydrogen-bond acceptors (Lipinski definition) is 3. The molecule has 0 saturated carbocycles. The van der Waals surface area contributed by atoms with Crippen LogP contribution in [0.25, 0.3) is 10.9 Å². The molecular formula is C14H14ClIN2OS. The number of fused-ring (bicyclic) bond motifs is 1. The Morgan fingerprint density at radius 2 is 2.30 bits per heavy atom. The third-order valence-corrected chi connectivity index (χ3v) is 4.50. The summed E-state index contributed by atoms with van der Waals surface area (Å²) in [6.45, 7) is 4.40. The average Bonchev–Trinajstić information content (AvgIpc) is 2.40. The molecule has 106 valence electrons. The molecule has 0 unspecified atom stereocenters. The van der Waals surface area contributed by atoms with Crippen LogP contribution in [-0.2, 0) is 6.54 Å². The van der Waals surface area contributed by atoms with Gasteiger partial charge in [0.2, 0.25) is 0 Å². The van der Waals surface area contributed by atoms with E-state index in [0.717, 1.165) is 19.3 Å². The van der Waals surface area contributed by atoms with Crippen LogP contribution in [-0.4, -0.2) is 15.3 Å². The largest absolute Gasteiger partial charge is 0.287 e. The zero-order chi connectivity index (χ0) is 14.7. The number of thioether (sulfide) groups is 1. The van der Waals surface area contributed by atoms with Gasteiger partial charge in [0.1, 0.15) is 0 Å². The first-order valence-corrected chi connectivity index (χ1v) is 8.62. The van der Waals surface area contributed by atoms with Crippen molar-refractivity contribution in [3.05, 3.63) is 43.2 Å². The molecule has 0 N–H and O–H groups in total. The van der Waals surface area contributed by atoms with Gasteiger partial charge >= 0.3 is 0 Å². The molecule has 6 heteroatoms. The molecule has 0 aliphatic carbocycles. The molecule has 2 rings (SSSR count). The van der Waals surface area contributed by atoms with Crippen molar-refractivity contribution >= 4 is 56.9 Å². The van der Waals surface area contributed by atoms with Crippen molar-refractivity contribution in [1.29, 1.82) is 0 Å². The molecular weight excluding hydrogens is 407 g/mol. The second kappa shape index (κ2) is 6.95. The van der Waals surface area contributed by atoms with Crippen LogP contribution >= 0.6 is 46.0 Å². The first-order chi connectivity index (χ1) is 9.52. The lowest BCUT2D eigenvalue weighted by Gasteiger charge is -2.10. The van der Waals surface area contributed by atoms with Gasteiger partial charge in [-0.25, -0.2) is 4.98 Å². The summed E-state index contributed by atoms with van der Waals surface area (Å²) in [5.41, 5.74) is 0.763. The molecule has 0 saturated heterocycles. The van der Waals surface area contributed by atoms with Crippen LogP contribution < -0.4 is 5.56 Å². The highest BCUT2D eigenvalue weighted by Gasteiger charge is 2.10. The van der Waals surface area contributed by atoms with E-state index in [1.807, 2.05) is 38.1 Å². The van der Waals surface area contributed by atoms with E-state index in [9.17, 15) is 4.79 Å². The quantitative estimate of drug-likeness (QED) is 0.421. The zero-order valence-corrected chi connectivity index (χ0v) is 14.9. The number of halogens is 2. The van der Waals surface area contributed by atoms with E-state index in [1.54, 1.807) is 4.57 Å². The van der Waals surface area contributed by atoms with Gasteiger partial charge in [0.15, 0.2) is 5.16 Å². The van der Waals surface area contributed by atoms with E-state index in [-0.39, 0.29) is 5.56 Å². The van der Waals surface area contributed by atoms with E-state index in [0.29, 0.717) is 17.7 Å². The monoisotopic (exact) mass is 420 g/mol. The molecule has 0 amide bonds. The fourth-order valence-corrected chi connectivity index (χ4v) is 3.47. The molecule has 2 aromatic rings. The minimum absolute atomic E-state index is 0.0186. The van der Waals surface area contributed by atoms with Gasteiger partial charge in [-0.05, 0) is 54.6 Å². The topological polar surface area (TPSA) is 34.9 Å². The Hall–Kier alpha value is -0.530. The Bertz CT molecular complexity index is 723. The second-order valence-corrected chi connectivity index (χ2v) is 7.04. The van der Waals surface area contributed by atoms with Gasteiger partial charge in [-0.3, -0.25) is 9.36 Å². The number of allylic oxidation sites excluding steroid dienone is 1. The molecule has 0 spiro atoms. The van der Waals surface area contributed by atoms with Crippen LogP contribution in [0.4, 0.5) is 0 Å². The molecule has 0 fully saturated rings. The Labute approximate surface area is 140 Å². The van der Waals surface area contributed by atoms with Crippen molar-refractivity contribution in [1.82, 2.24) is 9.55 Å². The average molecular weight is 421 g/mol. The summed E-state index contributed by atoms with van der Waals surface area (Å²) >= 11 is 9.55. The predicted octanol–water partition coefficient (Wildman–Crippen LogP) is 4.26. The van der Waals surface area contributed by atoms with Gasteiger partial charge in [0.25, 0.3) is 5.56 Å². The first kappa shape index (κ1) is 15.9. The summed E-state index contributed by atoms with van der Waals surface area (Å²) in [6.07, 6.45) is 1.91. The summed E-state index contributed by atoms with van der Waals surface area (Å²) in [6, 6.07) is 5.74. The molecule has 0 atom stereocenters. The van der Waals surface area contributed by atoms with Crippen LogP contribution in [0.1, 0.15) is 13.8 Å². The van der Waals surface area contributed by atoms with E-state index in [2.05, 4.69) is 27.6 Å². The number of benzene rings is 1. The summed E-state index contributed by atoms with van der Waals surface area (Å²) in [5, 5.41) is 2.16. The first-order valence-electron chi connectivity index (χ1n) is 6.18. The predicted molar refractivity (Wildman–Crippen MR) is 94.7 cm³/mol. The molecule has 1 heterocycles. The summed E-state index contributed by atoms with van der Waals surface area (Å²) in [4.78, 5) is 17.1. The maximum absolute atomic E-state index is 12.5. The molecule has 0 bridgehead atoms. The van der Waals surface area contributed by atoms with Crippen molar-refractivity contribution in [2.75, 3.05) is 5.75 Å². The van der Waals surface area contributed by atoms with Crippen molar-refractivity contribution < 1.29 is 0 Å². The third kappa shape index (κ3) is 3.56. The summed E-state index contributed by atoms with van der Waals surface area (Å²) in [5.74, 6) is 0.706. The van der Waals surface area contributed by atoms with Crippen molar-refractivity contribution in [3.8, 4) is 0 Å².